The van der Waals surface area contributed by atoms with Crippen molar-refractivity contribution in [2.75, 3.05) is 26.3 Å². The van der Waals surface area contributed by atoms with Gasteiger partial charge < -0.3 is 32.3 Å². The summed E-state index contributed by atoms with van der Waals surface area (Å²) in [4.78, 5) is 131. The smallest absolute Gasteiger partial charge is 0.780 e. The standard InChI is InChI=1S/C33H28N2O7S2.C19H14Br2N2O7.C6H6S.CH4.Na/c1-20-3-11-25(12-4-20)43-27-16-29(36)34(32(27)40)18-23(15-22-7-9-24(10-8-22)42-19-31(38)39)35-30(37)17-28(33(35)41)44-26-13-5-21(2)6-14-26;20-13-6-15(24)22(18(13)28)8-11(23-16(25)7-14(21)19(23)29)5-10-1-3-12(4-2-10)30-9-17(26)27;7-6-4-2-1-3-5-6;;/h3-14,16-17,23H,15,18-19H2,1-2H3,(H,38,39);1-4,6-7,11H,5,8-9H2,(H,26,27);1-5,7H;1H4;/q;;;;+1/p-1. The molecule has 9 rings (SSSR count). The Hall–Kier alpha value is -6.96. The van der Waals surface area contributed by atoms with Crippen molar-refractivity contribution >= 4 is 127 Å². The molecule has 0 fully saturated rings. The molecule has 0 radical (unpaired) electrons. The van der Waals surface area contributed by atoms with Gasteiger partial charge in [-0.3, -0.25) is 58.0 Å². The third-order valence-corrected chi connectivity index (χ3v) is 15.5. The Morgan fingerprint density at radius 2 is 0.880 bits per heavy atom. The monoisotopic (exact) mass is 1320 g/mol. The molecule has 2 N–H and O–H groups in total. The van der Waals surface area contributed by atoms with Gasteiger partial charge in [-0.2, -0.15) is 4.90 Å². The zero-order chi connectivity index (χ0) is 58.5. The summed E-state index contributed by atoms with van der Waals surface area (Å²) in [6, 6.07) is 36.1. The van der Waals surface area contributed by atoms with Crippen LogP contribution in [-0.4, -0.2) is 127 Å². The summed E-state index contributed by atoms with van der Waals surface area (Å²) in [5.74, 6) is -5.79. The number of aliphatic carboxylic acids is 2. The minimum Gasteiger partial charge on any atom is -0.780 e. The summed E-state index contributed by atoms with van der Waals surface area (Å²) < 4.78 is 10.5. The average Bonchev–Trinajstić information content (AvgIpc) is 4.30. The summed E-state index contributed by atoms with van der Waals surface area (Å²) >= 11 is 13.2. The number of aryl methyl sites for hydroxylation is 2. The van der Waals surface area contributed by atoms with E-state index >= 15 is 0 Å². The molecule has 0 saturated carbocycles. The maximum Gasteiger partial charge on any atom is 1.00 e. The fourth-order valence-electron chi connectivity index (χ4n) is 8.12. The van der Waals surface area contributed by atoms with E-state index in [9.17, 15) is 47.9 Å². The minimum atomic E-state index is -1.11. The molecule has 0 spiro atoms. The van der Waals surface area contributed by atoms with Crippen molar-refractivity contribution in [3.8, 4) is 11.5 Å². The molecular formula is C59H51Br2N4NaO14S3. The van der Waals surface area contributed by atoms with Crippen LogP contribution < -0.4 is 39.0 Å². The maximum absolute atomic E-state index is 13.6. The van der Waals surface area contributed by atoms with Gasteiger partial charge in [0.25, 0.3) is 47.3 Å². The van der Waals surface area contributed by atoms with Crippen LogP contribution in [0.15, 0.2) is 185 Å². The van der Waals surface area contributed by atoms with Crippen molar-refractivity contribution in [3.63, 3.8) is 0 Å². The Bertz CT molecular complexity index is 3420. The van der Waals surface area contributed by atoms with Crippen molar-refractivity contribution in [2.24, 2.45) is 0 Å². The fraction of sp³-hybridized carbons (Fsp3) is 0.186. The summed E-state index contributed by atoms with van der Waals surface area (Å²) in [7, 11) is 0. The van der Waals surface area contributed by atoms with E-state index in [0.29, 0.717) is 22.6 Å². The quantitative estimate of drug-likeness (QED) is 0.0566. The molecule has 0 saturated heterocycles. The van der Waals surface area contributed by atoms with E-state index in [2.05, 4.69) is 31.9 Å². The van der Waals surface area contributed by atoms with Crippen LogP contribution in [0.2, 0.25) is 0 Å². The predicted molar refractivity (Wildman–Crippen MR) is 314 cm³/mol. The first-order chi connectivity index (χ1) is 38.6. The Labute approximate surface area is 530 Å². The van der Waals surface area contributed by atoms with E-state index in [1.165, 1.54) is 35.7 Å². The van der Waals surface area contributed by atoms with Gasteiger partial charge in [0.15, 0.2) is 13.2 Å². The van der Waals surface area contributed by atoms with Crippen LogP contribution in [-0.2, 0) is 73.4 Å². The molecule has 5 aromatic rings. The number of hydrogen-bond donors (Lipinski definition) is 2. The van der Waals surface area contributed by atoms with Gasteiger partial charge in [0.1, 0.15) is 11.5 Å². The van der Waals surface area contributed by atoms with Crippen molar-refractivity contribution in [3.05, 3.63) is 193 Å². The zero-order valence-electron chi connectivity index (χ0n) is 43.9. The number of thioether (sulfide) groups is 2. The molecular weight excluding hydrogens is 1270 g/mol. The van der Waals surface area contributed by atoms with Crippen LogP contribution in [0.25, 0.3) is 0 Å². The van der Waals surface area contributed by atoms with E-state index in [1.807, 2.05) is 92.7 Å². The number of benzene rings is 5. The molecule has 0 aromatic heterocycles. The van der Waals surface area contributed by atoms with Gasteiger partial charge in [0.2, 0.25) is 0 Å². The Morgan fingerprint density at radius 3 is 1.27 bits per heavy atom. The minimum absolute atomic E-state index is 0. The Kier molecular flexibility index (Phi) is 25.0. The molecule has 24 heteroatoms. The van der Waals surface area contributed by atoms with Crippen LogP contribution >= 0.6 is 55.4 Å². The number of imide groups is 4. The topological polar surface area (TPSA) is 243 Å². The Morgan fingerprint density at radius 1 is 0.506 bits per heavy atom. The van der Waals surface area contributed by atoms with Crippen LogP contribution in [0.4, 0.5) is 0 Å². The summed E-state index contributed by atoms with van der Waals surface area (Å²) in [5, 5.41) is 17.5. The summed E-state index contributed by atoms with van der Waals surface area (Å²) in [5.41, 5.74) is 3.51. The van der Waals surface area contributed by atoms with Crippen LogP contribution in [0.1, 0.15) is 29.7 Å². The number of nitrogens with zero attached hydrogens (tertiary/aromatic N) is 4. The second kappa shape index (κ2) is 31.1. The number of carboxylic acid groups (broad SMARTS) is 2. The first-order valence-corrected chi connectivity index (χ1v) is 28.0. The normalized spacial score (nSPS) is 15.2. The molecule has 0 aliphatic carbocycles. The number of amides is 8. The van der Waals surface area contributed by atoms with Crippen LogP contribution in [0.3, 0.4) is 0 Å². The second-order valence-corrected chi connectivity index (χ2v) is 22.5. The average molecular weight is 1320 g/mol. The first-order valence-electron chi connectivity index (χ1n) is 24.4. The number of halogens is 2. The fourth-order valence-corrected chi connectivity index (χ4v) is 10.8. The molecule has 2 atom stereocenters. The van der Waals surface area contributed by atoms with Crippen molar-refractivity contribution in [2.45, 2.75) is 60.9 Å². The van der Waals surface area contributed by atoms with Crippen molar-refractivity contribution < 1.29 is 97.2 Å². The molecule has 4 heterocycles. The molecule has 2 unspecified atom stereocenters. The van der Waals surface area contributed by atoms with Gasteiger partial charge >= 0.3 is 41.5 Å². The van der Waals surface area contributed by atoms with Gasteiger partial charge in [-0.05, 0) is 118 Å². The number of rotatable bonds is 20. The summed E-state index contributed by atoms with van der Waals surface area (Å²) in [6.07, 6.45) is 5.15. The van der Waals surface area contributed by atoms with E-state index in [1.54, 1.807) is 48.5 Å². The zero-order valence-corrected chi connectivity index (χ0v) is 51.5. The molecule has 8 amide bonds. The number of hydrogen-bond acceptors (Lipinski definition) is 15. The Balaban J connectivity index is 0.000000279. The van der Waals surface area contributed by atoms with E-state index in [0.717, 1.165) is 57.6 Å². The number of carbonyl (C=O) groups excluding carboxylic acids is 8. The van der Waals surface area contributed by atoms with Crippen LogP contribution in [0, 0.1) is 13.8 Å². The maximum atomic E-state index is 13.6. The largest absolute Gasteiger partial charge is 1.00 e. The number of ether oxygens (including phenoxy) is 2. The number of carboxylic acids is 2. The molecule has 83 heavy (non-hydrogen) atoms. The third-order valence-electron chi connectivity index (χ3n) is 12.0. The van der Waals surface area contributed by atoms with Crippen molar-refractivity contribution in [1.29, 1.82) is 0 Å². The molecule has 5 aromatic carbocycles. The van der Waals surface area contributed by atoms with Gasteiger partial charge in [0, 0.05) is 34.1 Å². The summed E-state index contributed by atoms with van der Waals surface area (Å²) in [6.45, 7) is 2.55. The van der Waals surface area contributed by atoms with Gasteiger partial charge in [0.05, 0.1) is 43.9 Å². The van der Waals surface area contributed by atoms with E-state index in [4.69, 9.17) is 32.3 Å². The molecule has 4 aliphatic heterocycles. The van der Waals surface area contributed by atoms with E-state index < -0.39 is 84.5 Å². The molecule has 0 bridgehead atoms. The second-order valence-electron chi connectivity index (χ2n) is 18.0. The van der Waals surface area contributed by atoms with Gasteiger partial charge in [-0.1, -0.05) is 121 Å². The molecule has 4 aliphatic rings. The first kappa shape index (κ1) is 66.8. The van der Waals surface area contributed by atoms with Crippen LogP contribution in [0.5, 0.6) is 11.5 Å². The molecule has 18 nitrogen and oxygen atoms in total. The van der Waals surface area contributed by atoms with Gasteiger partial charge in [-0.25, -0.2) is 9.59 Å². The van der Waals surface area contributed by atoms with Crippen molar-refractivity contribution in [1.82, 2.24) is 19.6 Å². The predicted octanol–water partition coefficient (Wildman–Crippen LogP) is 5.36. The number of carbonyl (C=O) groups is 10. The van der Waals surface area contributed by atoms with E-state index in [-0.39, 0.29) is 81.7 Å². The third kappa shape index (κ3) is 18.5. The molecule has 424 valence electrons. The SMILES string of the molecule is C.Cc1ccc(SC2=CC(=O)N(CC(Cc3ccc(OCC(=O)O)cc3)N3C(=O)C=C(Sc4ccc(C)cc4)C3=O)C2=O)cc1.O=C(O)COc1ccc(CC(CN2C(=O)C=C(Br)C2=O)N2C(=O)C=C(Br)C2=O)cc1.[Na+].[S-]c1ccccc1. The van der Waals surface area contributed by atoms with Gasteiger partial charge in [-0.15, -0.1) is 0 Å².